The number of hydrogen-bond acceptors (Lipinski definition) is 9. The van der Waals surface area contributed by atoms with E-state index in [9.17, 15) is 19.2 Å². The number of para-hydroxylation sites is 1. The summed E-state index contributed by atoms with van der Waals surface area (Å²) < 4.78 is 20.1. The molecule has 0 unspecified atom stereocenters. The zero-order valence-electron chi connectivity index (χ0n) is 25.5. The van der Waals surface area contributed by atoms with Gasteiger partial charge in [0.05, 0.1) is 42.1 Å². The fourth-order valence-corrected chi connectivity index (χ4v) is 6.99. The van der Waals surface area contributed by atoms with Crippen LogP contribution in [0.1, 0.15) is 42.5 Å². The van der Waals surface area contributed by atoms with Crippen LogP contribution < -0.4 is 19.4 Å². The molecule has 4 aliphatic heterocycles. The second kappa shape index (κ2) is 12.4. The molecule has 232 valence electrons. The molecule has 0 bridgehead atoms. The number of carbonyl (C=O) groups is 2. The minimum atomic E-state index is -1.02. The molecule has 12 heteroatoms. The lowest BCUT2D eigenvalue weighted by Gasteiger charge is -2.42. The van der Waals surface area contributed by atoms with Crippen molar-refractivity contribution in [2.75, 3.05) is 68.1 Å². The number of nitriles is 1. The van der Waals surface area contributed by atoms with Crippen molar-refractivity contribution in [2.45, 2.75) is 57.2 Å². The maximum absolute atomic E-state index is 13.8. The van der Waals surface area contributed by atoms with Crippen molar-refractivity contribution in [2.24, 2.45) is 0 Å². The molecule has 0 spiro atoms. The van der Waals surface area contributed by atoms with E-state index < -0.39 is 17.8 Å². The Hall–Kier alpha value is -4.24. The number of nitrogens with zero attached hydrogens (tertiary/aromatic N) is 8. The molecule has 2 saturated heterocycles. The summed E-state index contributed by atoms with van der Waals surface area (Å²) in [5.74, 6) is -0.949. The van der Waals surface area contributed by atoms with E-state index >= 15 is 0 Å². The van der Waals surface area contributed by atoms with E-state index in [1.807, 2.05) is 13.1 Å². The highest BCUT2D eigenvalue weighted by Crippen LogP contribution is 2.40. The van der Waals surface area contributed by atoms with Gasteiger partial charge in [-0.1, -0.05) is 18.7 Å². The third-order valence-corrected chi connectivity index (χ3v) is 9.46. The Morgan fingerprint density at radius 1 is 1.11 bits per heavy atom. The number of anilines is 3. The zero-order valence-corrected chi connectivity index (χ0v) is 25.5. The minimum absolute atomic E-state index is 0.0687. The predicted octanol–water partition coefficient (Wildman–Crippen LogP) is 2.84. The maximum atomic E-state index is 13.8. The van der Waals surface area contributed by atoms with Gasteiger partial charge in [0, 0.05) is 51.3 Å². The van der Waals surface area contributed by atoms with Crippen molar-refractivity contribution in [1.29, 1.82) is 5.26 Å². The van der Waals surface area contributed by atoms with Crippen LogP contribution in [0.5, 0.6) is 6.01 Å². The average molecular weight is 603 g/mol. The number of hydrogen-bond donors (Lipinski definition) is 0. The Morgan fingerprint density at radius 3 is 2.70 bits per heavy atom. The molecule has 11 nitrogen and oxygen atoms in total. The van der Waals surface area contributed by atoms with Crippen molar-refractivity contribution in [3.8, 4) is 12.1 Å². The summed E-state index contributed by atoms with van der Waals surface area (Å²) in [7, 11) is 3.94. The van der Waals surface area contributed by atoms with Crippen molar-refractivity contribution in [3.05, 3.63) is 47.4 Å². The summed E-state index contributed by atoms with van der Waals surface area (Å²) in [6.07, 6.45) is 4.15. The summed E-state index contributed by atoms with van der Waals surface area (Å²) in [6.45, 7) is 6.93. The SMILES string of the molecule is C=C(F)C(=O)N1CCN(c2nc(OC[C@@H]3CCCN3C)nc3c2CCN(c2cccc4c2N(C)C(=O)CC4)C3)C[C@@H]1CC#N. The van der Waals surface area contributed by atoms with Gasteiger partial charge in [-0.15, -0.1) is 0 Å². The second-order valence-corrected chi connectivity index (χ2v) is 12.1. The first-order valence-corrected chi connectivity index (χ1v) is 15.4. The summed E-state index contributed by atoms with van der Waals surface area (Å²) in [6, 6.07) is 8.45. The van der Waals surface area contributed by atoms with Crippen LogP contribution >= 0.6 is 0 Å². The van der Waals surface area contributed by atoms with Gasteiger partial charge in [0.2, 0.25) is 5.91 Å². The lowest BCUT2D eigenvalue weighted by Crippen LogP contribution is -2.55. The van der Waals surface area contributed by atoms with Crippen LogP contribution in [0.2, 0.25) is 0 Å². The largest absolute Gasteiger partial charge is 0.462 e. The number of rotatable bonds is 7. The molecule has 2 aromatic rings. The number of likely N-dealkylation sites (N-methyl/N-ethyl adjacent to an activating group) is 1. The Labute approximate surface area is 257 Å². The Kier molecular flexibility index (Phi) is 8.40. The number of halogens is 1. The van der Waals surface area contributed by atoms with Gasteiger partial charge in [-0.25, -0.2) is 4.39 Å². The van der Waals surface area contributed by atoms with Gasteiger partial charge in [0.1, 0.15) is 12.4 Å². The van der Waals surface area contributed by atoms with Crippen molar-refractivity contribution in [1.82, 2.24) is 19.8 Å². The van der Waals surface area contributed by atoms with Crippen LogP contribution in [0.15, 0.2) is 30.6 Å². The first-order valence-electron chi connectivity index (χ1n) is 15.4. The third-order valence-electron chi connectivity index (χ3n) is 9.46. The number of carbonyl (C=O) groups excluding carboxylic acids is 2. The van der Waals surface area contributed by atoms with E-state index in [4.69, 9.17) is 14.7 Å². The normalized spacial score (nSPS) is 22.0. The van der Waals surface area contributed by atoms with E-state index in [2.05, 4.69) is 46.5 Å². The highest BCUT2D eigenvalue weighted by molar-refractivity contribution is 5.99. The van der Waals surface area contributed by atoms with Gasteiger partial charge in [-0.05, 0) is 50.9 Å². The Morgan fingerprint density at radius 2 is 1.95 bits per heavy atom. The number of benzene rings is 1. The second-order valence-electron chi connectivity index (χ2n) is 12.1. The van der Waals surface area contributed by atoms with Crippen molar-refractivity contribution in [3.63, 3.8) is 0 Å². The number of piperazine rings is 1. The van der Waals surface area contributed by atoms with Crippen LogP contribution in [-0.4, -0.2) is 97.1 Å². The molecule has 5 heterocycles. The van der Waals surface area contributed by atoms with Crippen LogP contribution in [0.25, 0.3) is 0 Å². The lowest BCUT2D eigenvalue weighted by atomic mass is 9.98. The molecular formula is C32H39FN8O3. The number of amides is 2. The van der Waals surface area contributed by atoms with E-state index in [-0.39, 0.29) is 18.9 Å². The van der Waals surface area contributed by atoms with Gasteiger partial charge in [0.25, 0.3) is 5.91 Å². The van der Waals surface area contributed by atoms with Crippen LogP contribution in [-0.2, 0) is 29.0 Å². The van der Waals surface area contributed by atoms with E-state index in [1.54, 1.807) is 4.90 Å². The number of ether oxygens (including phenoxy) is 1. The molecule has 0 N–H and O–H groups in total. The van der Waals surface area contributed by atoms with Crippen molar-refractivity contribution < 1.29 is 18.7 Å². The highest BCUT2D eigenvalue weighted by atomic mass is 19.1. The Balaban J connectivity index is 1.33. The molecule has 4 aliphatic rings. The van der Waals surface area contributed by atoms with E-state index in [0.29, 0.717) is 57.7 Å². The summed E-state index contributed by atoms with van der Waals surface area (Å²) in [5, 5.41) is 9.50. The lowest BCUT2D eigenvalue weighted by molar-refractivity contribution is -0.131. The first kappa shape index (κ1) is 29.8. The van der Waals surface area contributed by atoms with Gasteiger partial charge >= 0.3 is 6.01 Å². The topological polar surface area (TPSA) is 109 Å². The summed E-state index contributed by atoms with van der Waals surface area (Å²) in [4.78, 5) is 44.8. The molecule has 0 aliphatic carbocycles. The molecule has 0 saturated carbocycles. The van der Waals surface area contributed by atoms with E-state index in [1.165, 1.54) is 4.90 Å². The predicted molar refractivity (Wildman–Crippen MR) is 164 cm³/mol. The number of aromatic nitrogens is 2. The first-order chi connectivity index (χ1) is 21.2. The van der Waals surface area contributed by atoms with Gasteiger partial charge in [-0.3, -0.25) is 9.59 Å². The summed E-state index contributed by atoms with van der Waals surface area (Å²) >= 11 is 0. The van der Waals surface area contributed by atoms with Crippen LogP contribution in [0.4, 0.5) is 21.6 Å². The van der Waals surface area contributed by atoms with Gasteiger partial charge in [-0.2, -0.15) is 15.2 Å². The standard InChI is InChI=1S/C32H39FN8O3/c1-21(33)31(43)41-17-16-40(18-23(41)11-13-34)30-25-12-15-39(27-8-4-6-22-9-10-28(42)38(3)29(22)27)19-26(25)35-32(36-30)44-20-24-7-5-14-37(24)2/h4,6,8,23-24H,1,5,7,9-12,14-20H2,2-3H3/t23-,24-/m0/s1. The van der Waals surface area contributed by atoms with Gasteiger partial charge < -0.3 is 29.2 Å². The molecule has 1 aromatic heterocycles. The quantitative estimate of drug-likeness (QED) is 0.442. The summed E-state index contributed by atoms with van der Waals surface area (Å²) in [5.41, 5.74) is 4.98. The molecule has 44 heavy (non-hydrogen) atoms. The molecule has 2 amide bonds. The molecule has 2 atom stereocenters. The highest BCUT2D eigenvalue weighted by Gasteiger charge is 2.35. The zero-order chi connectivity index (χ0) is 31.0. The molecule has 0 radical (unpaired) electrons. The number of aryl methyl sites for hydroxylation is 1. The fraction of sp³-hybridized carbons (Fsp3) is 0.531. The number of likely N-dealkylation sites (tertiary alicyclic amines) is 1. The number of fused-ring (bicyclic) bond motifs is 2. The monoisotopic (exact) mass is 602 g/mol. The smallest absolute Gasteiger partial charge is 0.318 e. The molecular weight excluding hydrogens is 563 g/mol. The third kappa shape index (κ3) is 5.68. The van der Waals surface area contributed by atoms with E-state index in [0.717, 1.165) is 59.8 Å². The van der Waals surface area contributed by atoms with Crippen LogP contribution in [0.3, 0.4) is 0 Å². The minimum Gasteiger partial charge on any atom is -0.462 e. The molecule has 2 fully saturated rings. The Bertz CT molecular complexity index is 1510. The molecule has 1 aromatic carbocycles. The fourth-order valence-electron chi connectivity index (χ4n) is 6.99. The molecule has 6 rings (SSSR count). The maximum Gasteiger partial charge on any atom is 0.318 e. The van der Waals surface area contributed by atoms with Crippen molar-refractivity contribution >= 4 is 29.0 Å². The van der Waals surface area contributed by atoms with Gasteiger partial charge in [0.15, 0.2) is 5.83 Å². The average Bonchev–Trinajstić information content (AvgIpc) is 3.44. The van der Waals surface area contributed by atoms with Crippen LogP contribution in [0, 0.1) is 11.3 Å².